The average molecular weight is 395 g/mol. The van der Waals surface area contributed by atoms with E-state index in [1.807, 2.05) is 0 Å². The van der Waals surface area contributed by atoms with Crippen LogP contribution in [0.4, 0.5) is 13.2 Å². The highest BCUT2D eigenvalue weighted by Crippen LogP contribution is 2.31. The Kier molecular flexibility index (Phi) is 5.39. The summed E-state index contributed by atoms with van der Waals surface area (Å²) >= 11 is 0. The number of nitrogens with zero attached hydrogens (tertiary/aromatic N) is 3. The number of amides is 1. The van der Waals surface area contributed by atoms with Crippen LogP contribution in [0.2, 0.25) is 0 Å². The van der Waals surface area contributed by atoms with Crippen LogP contribution >= 0.6 is 0 Å². The summed E-state index contributed by atoms with van der Waals surface area (Å²) in [5.41, 5.74) is -0.204. The molecule has 0 saturated heterocycles. The molecular weight excluding hydrogens is 379 g/mol. The van der Waals surface area contributed by atoms with Gasteiger partial charge in [0.05, 0.1) is 11.6 Å². The molecule has 0 unspecified atom stereocenters. The highest BCUT2D eigenvalue weighted by Gasteiger charge is 2.30. The van der Waals surface area contributed by atoms with E-state index < -0.39 is 17.6 Å². The quantitative estimate of drug-likeness (QED) is 0.625. The van der Waals surface area contributed by atoms with Crippen molar-refractivity contribution in [1.82, 2.24) is 15.0 Å². The van der Waals surface area contributed by atoms with Crippen molar-refractivity contribution in [3.63, 3.8) is 0 Å². The Morgan fingerprint density at radius 1 is 1.32 bits per heavy atom. The molecule has 2 heterocycles. The van der Waals surface area contributed by atoms with E-state index >= 15 is 0 Å². The van der Waals surface area contributed by atoms with Gasteiger partial charge in [0.1, 0.15) is 24.0 Å². The van der Waals surface area contributed by atoms with Crippen molar-refractivity contribution >= 4 is 5.91 Å². The zero-order chi connectivity index (χ0) is 20.3. The van der Waals surface area contributed by atoms with E-state index in [4.69, 9.17) is 13.7 Å². The largest absolute Gasteiger partial charge is 0.484 e. The maximum atomic E-state index is 12.7. The molecule has 0 aliphatic rings. The minimum Gasteiger partial charge on any atom is -0.484 e. The Morgan fingerprint density at radius 2 is 2.11 bits per heavy atom. The number of alkyl halides is 3. The molecule has 1 atom stereocenters. The molecule has 28 heavy (non-hydrogen) atoms. The number of oxazole rings is 1. The molecule has 10 heteroatoms. The van der Waals surface area contributed by atoms with Crippen molar-refractivity contribution in [1.29, 1.82) is 0 Å². The fourth-order valence-corrected chi connectivity index (χ4v) is 2.38. The molecule has 1 amide bonds. The molecule has 3 aromatic rings. The molecule has 0 aliphatic heterocycles. The van der Waals surface area contributed by atoms with Gasteiger partial charge in [0.15, 0.2) is 12.3 Å². The predicted molar refractivity (Wildman–Crippen MR) is 89.3 cm³/mol. The third-order valence-electron chi connectivity index (χ3n) is 4.08. The summed E-state index contributed by atoms with van der Waals surface area (Å²) in [5, 5.41) is 3.79. The molecule has 3 rings (SSSR count). The fourth-order valence-electron chi connectivity index (χ4n) is 2.38. The predicted octanol–water partition coefficient (Wildman–Crippen LogP) is 4.09. The number of ether oxygens (including phenoxy) is 1. The third kappa shape index (κ3) is 4.33. The number of hydrogen-bond acceptors (Lipinski definition) is 6. The van der Waals surface area contributed by atoms with E-state index in [0.717, 1.165) is 12.1 Å². The van der Waals surface area contributed by atoms with Gasteiger partial charge in [0.2, 0.25) is 5.89 Å². The molecule has 0 saturated carbocycles. The molecule has 1 aromatic carbocycles. The van der Waals surface area contributed by atoms with Crippen molar-refractivity contribution in [2.75, 3.05) is 7.05 Å². The normalized spacial score (nSPS) is 12.6. The summed E-state index contributed by atoms with van der Waals surface area (Å²) in [5.74, 6) is -0.342. The van der Waals surface area contributed by atoms with E-state index in [2.05, 4.69) is 10.1 Å². The second-order valence-corrected chi connectivity index (χ2v) is 5.96. The highest BCUT2D eigenvalue weighted by atomic mass is 19.4. The molecule has 0 aliphatic carbocycles. The third-order valence-corrected chi connectivity index (χ3v) is 4.08. The zero-order valence-electron chi connectivity index (χ0n) is 14.9. The van der Waals surface area contributed by atoms with Crippen molar-refractivity contribution in [3.8, 4) is 5.75 Å². The van der Waals surface area contributed by atoms with Gasteiger partial charge in [-0.25, -0.2) is 4.98 Å². The number of carbonyl (C=O) groups is 1. The van der Waals surface area contributed by atoms with Gasteiger partial charge >= 0.3 is 6.18 Å². The van der Waals surface area contributed by atoms with Crippen molar-refractivity contribution < 1.29 is 31.6 Å². The lowest BCUT2D eigenvalue weighted by molar-refractivity contribution is -0.137. The zero-order valence-corrected chi connectivity index (χ0v) is 14.9. The van der Waals surface area contributed by atoms with Crippen LogP contribution in [0.5, 0.6) is 5.75 Å². The number of benzene rings is 1. The maximum Gasteiger partial charge on any atom is 0.416 e. The summed E-state index contributed by atoms with van der Waals surface area (Å²) in [7, 11) is 1.58. The highest BCUT2D eigenvalue weighted by molar-refractivity contribution is 5.92. The Labute approximate surface area is 157 Å². The van der Waals surface area contributed by atoms with Crippen LogP contribution in [-0.2, 0) is 12.8 Å². The van der Waals surface area contributed by atoms with E-state index in [1.165, 1.54) is 29.6 Å². The summed E-state index contributed by atoms with van der Waals surface area (Å²) in [6.07, 6.45) is -1.89. The van der Waals surface area contributed by atoms with E-state index in [9.17, 15) is 18.0 Å². The average Bonchev–Trinajstić information content (AvgIpc) is 3.36. The van der Waals surface area contributed by atoms with Crippen LogP contribution in [-0.4, -0.2) is 28.0 Å². The molecule has 0 radical (unpaired) electrons. The molecule has 0 N–H and O–H groups in total. The van der Waals surface area contributed by atoms with Gasteiger partial charge < -0.3 is 18.6 Å². The van der Waals surface area contributed by atoms with Crippen molar-refractivity contribution in [3.05, 3.63) is 65.7 Å². The summed E-state index contributed by atoms with van der Waals surface area (Å²) < 4.78 is 53.4. The maximum absolute atomic E-state index is 12.7. The van der Waals surface area contributed by atoms with E-state index in [0.29, 0.717) is 5.69 Å². The standard InChI is InChI=1S/C18H16F3N3O4/c1-11(14-6-7-28-23-14)24(2)17(25)15-9-27-16(22-15)10-26-13-5-3-4-12(8-13)18(19,20)21/h3-9,11H,10H2,1-2H3/t11-/m1/s1. The van der Waals surface area contributed by atoms with Gasteiger partial charge in [-0.15, -0.1) is 0 Å². The lowest BCUT2D eigenvalue weighted by Gasteiger charge is -2.21. The van der Waals surface area contributed by atoms with Crippen LogP contribution in [0, 0.1) is 0 Å². The SMILES string of the molecule is C[C@H](c1ccon1)N(C)C(=O)c1coc(COc2cccc(C(F)(F)F)c2)n1. The van der Waals surface area contributed by atoms with Gasteiger partial charge in [-0.2, -0.15) is 13.2 Å². The van der Waals surface area contributed by atoms with Gasteiger partial charge in [-0.05, 0) is 25.1 Å². The second kappa shape index (κ2) is 7.75. The van der Waals surface area contributed by atoms with Gasteiger partial charge in [-0.3, -0.25) is 4.79 Å². The first-order chi connectivity index (χ1) is 13.3. The fraction of sp³-hybridized carbons (Fsp3) is 0.278. The first kappa shape index (κ1) is 19.5. The lowest BCUT2D eigenvalue weighted by atomic mass is 10.2. The molecule has 0 spiro atoms. The minimum absolute atomic E-state index is 0.0117. The van der Waals surface area contributed by atoms with Gasteiger partial charge in [0.25, 0.3) is 5.91 Å². The topological polar surface area (TPSA) is 81.6 Å². The second-order valence-electron chi connectivity index (χ2n) is 5.96. The molecular formula is C18H16F3N3O4. The van der Waals surface area contributed by atoms with Crippen LogP contribution in [0.15, 0.2) is 51.8 Å². The Balaban J connectivity index is 1.63. The summed E-state index contributed by atoms with van der Waals surface area (Å²) in [4.78, 5) is 17.9. The lowest BCUT2D eigenvalue weighted by Crippen LogP contribution is -2.30. The number of carbonyl (C=O) groups excluding carboxylic acids is 1. The molecule has 7 nitrogen and oxygen atoms in total. The van der Waals surface area contributed by atoms with Gasteiger partial charge in [0, 0.05) is 13.1 Å². The van der Waals surface area contributed by atoms with Crippen molar-refractivity contribution in [2.45, 2.75) is 25.7 Å². The molecule has 0 bridgehead atoms. The molecule has 2 aromatic heterocycles. The first-order valence-corrected chi connectivity index (χ1v) is 8.17. The van der Waals surface area contributed by atoms with Crippen LogP contribution in [0.25, 0.3) is 0 Å². The number of halogens is 3. The number of aromatic nitrogens is 2. The monoisotopic (exact) mass is 395 g/mol. The van der Waals surface area contributed by atoms with Crippen LogP contribution in [0.3, 0.4) is 0 Å². The summed E-state index contributed by atoms with van der Waals surface area (Å²) in [6.45, 7) is 1.55. The summed E-state index contributed by atoms with van der Waals surface area (Å²) in [6, 6.07) is 5.74. The Hall–Kier alpha value is -3.30. The number of hydrogen-bond donors (Lipinski definition) is 0. The minimum atomic E-state index is -4.47. The molecule has 0 fully saturated rings. The Bertz CT molecular complexity index is 938. The smallest absolute Gasteiger partial charge is 0.416 e. The van der Waals surface area contributed by atoms with Crippen LogP contribution < -0.4 is 4.74 Å². The van der Waals surface area contributed by atoms with E-state index in [1.54, 1.807) is 20.0 Å². The van der Waals surface area contributed by atoms with Crippen LogP contribution in [0.1, 0.15) is 40.6 Å². The molecule has 148 valence electrons. The first-order valence-electron chi connectivity index (χ1n) is 8.17. The van der Waals surface area contributed by atoms with Crippen molar-refractivity contribution in [2.24, 2.45) is 0 Å². The van der Waals surface area contributed by atoms with Gasteiger partial charge in [-0.1, -0.05) is 11.2 Å². The number of rotatable bonds is 6. The van der Waals surface area contributed by atoms with E-state index in [-0.39, 0.29) is 30.0 Å². The Morgan fingerprint density at radius 3 is 2.79 bits per heavy atom.